The number of carbonyl (C=O) groups is 1. The first kappa shape index (κ1) is 12.5. The second-order valence-corrected chi connectivity index (χ2v) is 4.65. The van der Waals surface area contributed by atoms with Crippen molar-refractivity contribution in [3.63, 3.8) is 0 Å². The molecule has 0 unspecified atom stereocenters. The molecule has 0 fully saturated rings. The highest BCUT2D eigenvalue weighted by molar-refractivity contribution is 5.93. The molecule has 4 nitrogen and oxygen atoms in total. The van der Waals surface area contributed by atoms with Gasteiger partial charge in [-0.1, -0.05) is 12.1 Å². The zero-order valence-electron chi connectivity index (χ0n) is 11.3. The molecule has 1 aliphatic heterocycles. The molecule has 3 rings (SSSR count). The topological polar surface area (TPSA) is 44.8 Å². The van der Waals surface area contributed by atoms with Gasteiger partial charge in [-0.25, -0.2) is 4.79 Å². The van der Waals surface area contributed by atoms with Gasteiger partial charge in [0.25, 0.3) is 0 Å². The fourth-order valence-corrected chi connectivity index (χ4v) is 2.07. The summed E-state index contributed by atoms with van der Waals surface area (Å²) in [6.45, 7) is 4.07. The smallest absolute Gasteiger partial charge is 0.343 e. The maximum absolute atomic E-state index is 12.2. The van der Waals surface area contributed by atoms with Gasteiger partial charge in [-0.05, 0) is 43.2 Å². The summed E-state index contributed by atoms with van der Waals surface area (Å²) in [6, 6.07) is 10.7. The quantitative estimate of drug-likeness (QED) is 0.620. The molecule has 2 aromatic carbocycles. The molecule has 0 bridgehead atoms. The van der Waals surface area contributed by atoms with Crippen molar-refractivity contribution in [3.05, 3.63) is 53.1 Å². The standard InChI is InChI=1S/C16H14O4/c1-10-4-3-5-13(11(10)2)16(17)20-12-6-7-14-15(8-12)19-9-18-14/h3-8H,9H2,1-2H3. The molecule has 4 heteroatoms. The predicted octanol–water partition coefficient (Wildman–Crippen LogP) is 3.25. The van der Waals surface area contributed by atoms with Crippen molar-refractivity contribution in [1.29, 1.82) is 0 Å². The van der Waals surface area contributed by atoms with E-state index in [0.717, 1.165) is 11.1 Å². The van der Waals surface area contributed by atoms with Crippen molar-refractivity contribution >= 4 is 5.97 Å². The molecule has 0 N–H and O–H groups in total. The second-order valence-electron chi connectivity index (χ2n) is 4.65. The molecule has 0 aliphatic carbocycles. The van der Waals surface area contributed by atoms with Gasteiger partial charge in [-0.3, -0.25) is 0 Å². The highest BCUT2D eigenvalue weighted by atomic mass is 16.7. The number of benzene rings is 2. The van der Waals surface area contributed by atoms with E-state index in [9.17, 15) is 4.79 Å². The minimum Gasteiger partial charge on any atom is -0.454 e. The number of fused-ring (bicyclic) bond motifs is 1. The summed E-state index contributed by atoms with van der Waals surface area (Å²) in [4.78, 5) is 12.2. The maximum atomic E-state index is 12.2. The summed E-state index contributed by atoms with van der Waals surface area (Å²) >= 11 is 0. The van der Waals surface area contributed by atoms with Crippen LogP contribution in [0.2, 0.25) is 0 Å². The number of aryl methyl sites for hydroxylation is 1. The average Bonchev–Trinajstić information content (AvgIpc) is 2.89. The minimum absolute atomic E-state index is 0.198. The first-order chi connectivity index (χ1) is 9.65. The molecule has 0 radical (unpaired) electrons. The summed E-state index contributed by atoms with van der Waals surface area (Å²) in [5.41, 5.74) is 2.56. The van der Waals surface area contributed by atoms with E-state index >= 15 is 0 Å². The summed E-state index contributed by atoms with van der Waals surface area (Å²) < 4.78 is 15.9. The van der Waals surface area contributed by atoms with Crippen molar-refractivity contribution in [2.45, 2.75) is 13.8 Å². The Morgan fingerprint density at radius 2 is 1.90 bits per heavy atom. The van der Waals surface area contributed by atoms with Crippen molar-refractivity contribution in [2.24, 2.45) is 0 Å². The van der Waals surface area contributed by atoms with Crippen molar-refractivity contribution < 1.29 is 19.0 Å². The van der Waals surface area contributed by atoms with Crippen LogP contribution in [0.15, 0.2) is 36.4 Å². The predicted molar refractivity (Wildman–Crippen MR) is 73.4 cm³/mol. The molecule has 102 valence electrons. The maximum Gasteiger partial charge on any atom is 0.343 e. The number of hydrogen-bond donors (Lipinski definition) is 0. The monoisotopic (exact) mass is 270 g/mol. The SMILES string of the molecule is Cc1cccc(C(=O)Oc2ccc3c(c2)OCO3)c1C. The first-order valence-corrected chi connectivity index (χ1v) is 6.33. The van der Waals surface area contributed by atoms with Gasteiger partial charge in [-0.15, -0.1) is 0 Å². The summed E-state index contributed by atoms with van der Waals surface area (Å²) in [5.74, 6) is 1.33. The van der Waals surface area contributed by atoms with E-state index in [1.807, 2.05) is 26.0 Å². The van der Waals surface area contributed by atoms with Gasteiger partial charge < -0.3 is 14.2 Å². The molecular formula is C16H14O4. The van der Waals surface area contributed by atoms with Crippen molar-refractivity contribution in [2.75, 3.05) is 6.79 Å². The van der Waals surface area contributed by atoms with Gasteiger partial charge in [0.15, 0.2) is 11.5 Å². The summed E-state index contributed by atoms with van der Waals surface area (Å²) in [7, 11) is 0. The fourth-order valence-electron chi connectivity index (χ4n) is 2.07. The van der Waals surface area contributed by atoms with Crippen LogP contribution in [0, 0.1) is 13.8 Å². The third-order valence-electron chi connectivity index (χ3n) is 3.38. The van der Waals surface area contributed by atoms with E-state index in [0.29, 0.717) is 22.8 Å². The van der Waals surface area contributed by atoms with E-state index in [1.54, 1.807) is 24.3 Å². The van der Waals surface area contributed by atoms with Crippen LogP contribution in [-0.2, 0) is 0 Å². The number of carbonyl (C=O) groups excluding carboxylic acids is 1. The Kier molecular flexibility index (Phi) is 3.06. The van der Waals surface area contributed by atoms with Crippen LogP contribution < -0.4 is 14.2 Å². The Balaban J connectivity index is 1.84. The molecule has 0 saturated heterocycles. The Hall–Kier alpha value is -2.49. The molecular weight excluding hydrogens is 256 g/mol. The zero-order valence-corrected chi connectivity index (χ0v) is 11.3. The number of ether oxygens (including phenoxy) is 3. The van der Waals surface area contributed by atoms with Crippen LogP contribution in [0.1, 0.15) is 21.5 Å². The summed E-state index contributed by atoms with van der Waals surface area (Å²) in [5, 5.41) is 0. The van der Waals surface area contributed by atoms with E-state index in [4.69, 9.17) is 14.2 Å². The van der Waals surface area contributed by atoms with Crippen molar-refractivity contribution in [1.82, 2.24) is 0 Å². The molecule has 2 aromatic rings. The lowest BCUT2D eigenvalue weighted by atomic mass is 10.0. The molecule has 0 aromatic heterocycles. The third kappa shape index (κ3) is 2.20. The fraction of sp³-hybridized carbons (Fsp3) is 0.188. The van der Waals surface area contributed by atoms with E-state index < -0.39 is 0 Å². The number of esters is 1. The lowest BCUT2D eigenvalue weighted by Crippen LogP contribution is -2.10. The van der Waals surface area contributed by atoms with Crippen LogP contribution >= 0.6 is 0 Å². The number of hydrogen-bond acceptors (Lipinski definition) is 4. The first-order valence-electron chi connectivity index (χ1n) is 6.33. The van der Waals surface area contributed by atoms with Gasteiger partial charge >= 0.3 is 5.97 Å². The highest BCUT2D eigenvalue weighted by Gasteiger charge is 2.17. The minimum atomic E-state index is -0.370. The Labute approximate surface area is 116 Å². The average molecular weight is 270 g/mol. The normalized spacial score (nSPS) is 12.3. The number of rotatable bonds is 2. The van der Waals surface area contributed by atoms with Crippen LogP contribution in [-0.4, -0.2) is 12.8 Å². The molecule has 1 aliphatic rings. The second kappa shape index (κ2) is 4.89. The van der Waals surface area contributed by atoms with Gasteiger partial charge in [0.1, 0.15) is 5.75 Å². The van der Waals surface area contributed by atoms with Crippen LogP contribution in [0.3, 0.4) is 0 Å². The Morgan fingerprint density at radius 1 is 1.10 bits per heavy atom. The van der Waals surface area contributed by atoms with E-state index in [-0.39, 0.29) is 12.8 Å². The van der Waals surface area contributed by atoms with E-state index in [2.05, 4.69) is 0 Å². The Morgan fingerprint density at radius 3 is 2.75 bits per heavy atom. The van der Waals surface area contributed by atoms with E-state index in [1.165, 1.54) is 0 Å². The Bertz CT molecular complexity index is 676. The van der Waals surface area contributed by atoms with Gasteiger partial charge in [-0.2, -0.15) is 0 Å². The van der Waals surface area contributed by atoms with Crippen molar-refractivity contribution in [3.8, 4) is 17.2 Å². The lowest BCUT2D eigenvalue weighted by molar-refractivity contribution is 0.0733. The molecule has 0 spiro atoms. The van der Waals surface area contributed by atoms with Crippen LogP contribution in [0.5, 0.6) is 17.2 Å². The van der Waals surface area contributed by atoms with Gasteiger partial charge in [0.05, 0.1) is 5.56 Å². The van der Waals surface area contributed by atoms with Gasteiger partial charge in [0.2, 0.25) is 6.79 Å². The molecule has 0 atom stereocenters. The molecule has 0 amide bonds. The third-order valence-corrected chi connectivity index (χ3v) is 3.38. The molecule has 0 saturated carbocycles. The zero-order chi connectivity index (χ0) is 14.1. The molecule has 1 heterocycles. The summed E-state index contributed by atoms with van der Waals surface area (Å²) in [6.07, 6.45) is 0. The van der Waals surface area contributed by atoms with Crippen LogP contribution in [0.4, 0.5) is 0 Å². The largest absolute Gasteiger partial charge is 0.454 e. The highest BCUT2D eigenvalue weighted by Crippen LogP contribution is 2.35. The van der Waals surface area contributed by atoms with Crippen LogP contribution in [0.25, 0.3) is 0 Å². The molecule has 20 heavy (non-hydrogen) atoms. The lowest BCUT2D eigenvalue weighted by Gasteiger charge is -2.09. The van der Waals surface area contributed by atoms with Gasteiger partial charge in [0, 0.05) is 6.07 Å².